The van der Waals surface area contributed by atoms with Crippen LogP contribution in [0.15, 0.2) is 24.3 Å². The van der Waals surface area contributed by atoms with E-state index < -0.39 is 11.7 Å². The van der Waals surface area contributed by atoms with Gasteiger partial charge in [0.1, 0.15) is 5.75 Å². The van der Waals surface area contributed by atoms with Gasteiger partial charge in [-0.25, -0.2) is 0 Å². The third kappa shape index (κ3) is 5.00. The molecule has 0 aromatic heterocycles. The molecule has 1 rings (SSSR count). The Morgan fingerprint density at radius 2 is 1.95 bits per heavy atom. The quantitative estimate of drug-likeness (QED) is 0.632. The number of benzene rings is 1. The summed E-state index contributed by atoms with van der Waals surface area (Å²) in [4.78, 5) is 0.427. The lowest BCUT2D eigenvalue weighted by Crippen LogP contribution is -2.30. The van der Waals surface area contributed by atoms with Crippen molar-refractivity contribution >= 4 is 17.2 Å². The highest BCUT2D eigenvalue weighted by molar-refractivity contribution is 7.80. The molecule has 0 aliphatic rings. The zero-order valence-electron chi connectivity index (χ0n) is 11.5. The van der Waals surface area contributed by atoms with Gasteiger partial charge in [-0.2, -0.15) is 13.2 Å². The van der Waals surface area contributed by atoms with Crippen molar-refractivity contribution in [3.63, 3.8) is 0 Å². The Labute approximate surface area is 122 Å². The molecule has 0 spiro atoms. The highest BCUT2D eigenvalue weighted by Crippen LogP contribution is 2.31. The minimum atomic E-state index is -4.35. The average Bonchev–Trinajstić information content (AvgIpc) is 2.34. The van der Waals surface area contributed by atoms with E-state index in [1.165, 1.54) is 12.1 Å². The molecule has 0 amide bonds. The van der Waals surface area contributed by atoms with Gasteiger partial charge in [0.15, 0.2) is 0 Å². The summed E-state index contributed by atoms with van der Waals surface area (Å²) in [6, 6.07) is 4.85. The van der Waals surface area contributed by atoms with Crippen LogP contribution in [0.25, 0.3) is 0 Å². The molecule has 0 heterocycles. The Kier molecular flexibility index (Phi) is 5.39. The standard InChI is InChI=1S/C14H18F3NOS/c1-13(2,12(18)20)7-4-8-19-11-6-3-5-10(9-11)14(15,16)17/h3,5-6,9H,4,7-8H2,1-2H3,(H2,18,20). The number of hydrogen-bond acceptors (Lipinski definition) is 2. The van der Waals surface area contributed by atoms with E-state index in [4.69, 9.17) is 22.7 Å². The van der Waals surface area contributed by atoms with Crippen molar-refractivity contribution in [1.29, 1.82) is 0 Å². The van der Waals surface area contributed by atoms with Crippen LogP contribution >= 0.6 is 12.2 Å². The van der Waals surface area contributed by atoms with Crippen molar-refractivity contribution in [3.05, 3.63) is 29.8 Å². The largest absolute Gasteiger partial charge is 0.494 e. The predicted molar refractivity (Wildman–Crippen MR) is 76.7 cm³/mol. The summed E-state index contributed by atoms with van der Waals surface area (Å²) in [6.07, 6.45) is -2.96. The fourth-order valence-corrected chi connectivity index (χ4v) is 1.69. The van der Waals surface area contributed by atoms with E-state index >= 15 is 0 Å². The summed E-state index contributed by atoms with van der Waals surface area (Å²) >= 11 is 4.94. The second kappa shape index (κ2) is 6.43. The Bertz CT molecular complexity index is 472. The zero-order chi connectivity index (χ0) is 15.4. The van der Waals surface area contributed by atoms with Crippen LogP contribution < -0.4 is 10.5 Å². The highest BCUT2D eigenvalue weighted by Gasteiger charge is 2.30. The maximum Gasteiger partial charge on any atom is 0.416 e. The first-order valence-electron chi connectivity index (χ1n) is 6.23. The van der Waals surface area contributed by atoms with E-state index in [0.29, 0.717) is 18.0 Å². The van der Waals surface area contributed by atoms with Crippen molar-refractivity contribution in [2.24, 2.45) is 11.1 Å². The van der Waals surface area contributed by atoms with Crippen LogP contribution in [-0.2, 0) is 6.18 Å². The molecule has 0 unspecified atom stereocenters. The van der Waals surface area contributed by atoms with E-state index in [1.807, 2.05) is 13.8 Å². The number of thiocarbonyl (C=S) groups is 1. The van der Waals surface area contributed by atoms with Crippen LogP contribution in [-0.4, -0.2) is 11.6 Å². The molecule has 0 radical (unpaired) electrons. The Balaban J connectivity index is 2.49. The molecular weight excluding hydrogens is 287 g/mol. The second-order valence-electron chi connectivity index (χ2n) is 5.23. The lowest BCUT2D eigenvalue weighted by atomic mass is 9.88. The molecule has 2 N–H and O–H groups in total. The molecule has 2 nitrogen and oxygen atoms in total. The summed E-state index contributed by atoms with van der Waals surface area (Å²) in [5.74, 6) is 0.216. The molecular formula is C14H18F3NOS. The molecule has 0 saturated heterocycles. The maximum absolute atomic E-state index is 12.5. The molecule has 0 fully saturated rings. The van der Waals surface area contributed by atoms with E-state index in [1.54, 1.807) is 0 Å². The first kappa shape index (κ1) is 16.8. The smallest absolute Gasteiger partial charge is 0.416 e. The van der Waals surface area contributed by atoms with Crippen molar-refractivity contribution in [1.82, 2.24) is 0 Å². The highest BCUT2D eigenvalue weighted by atomic mass is 32.1. The van der Waals surface area contributed by atoms with Gasteiger partial charge in [0.2, 0.25) is 0 Å². The molecule has 112 valence electrons. The van der Waals surface area contributed by atoms with Crippen molar-refractivity contribution in [2.75, 3.05) is 6.61 Å². The van der Waals surface area contributed by atoms with Gasteiger partial charge >= 0.3 is 6.18 Å². The average molecular weight is 305 g/mol. The topological polar surface area (TPSA) is 35.2 Å². The molecule has 0 aliphatic carbocycles. The SMILES string of the molecule is CC(C)(CCCOc1cccc(C(F)(F)F)c1)C(N)=S. The normalized spacial score (nSPS) is 12.2. The predicted octanol–water partition coefficient (Wildman–Crippen LogP) is 4.18. The molecule has 1 aromatic rings. The third-order valence-electron chi connectivity index (χ3n) is 3.04. The van der Waals surface area contributed by atoms with Crippen LogP contribution in [0.4, 0.5) is 13.2 Å². The van der Waals surface area contributed by atoms with Gasteiger partial charge in [0, 0.05) is 5.41 Å². The zero-order valence-corrected chi connectivity index (χ0v) is 12.3. The van der Waals surface area contributed by atoms with Gasteiger partial charge in [0.05, 0.1) is 17.2 Å². The number of halogens is 3. The van der Waals surface area contributed by atoms with E-state index in [2.05, 4.69) is 0 Å². The van der Waals surface area contributed by atoms with E-state index in [9.17, 15) is 13.2 Å². The van der Waals surface area contributed by atoms with Crippen LogP contribution in [0.2, 0.25) is 0 Å². The lowest BCUT2D eigenvalue weighted by Gasteiger charge is -2.22. The molecule has 0 aliphatic heterocycles. The van der Waals surface area contributed by atoms with E-state index in [0.717, 1.165) is 18.6 Å². The summed E-state index contributed by atoms with van der Waals surface area (Å²) in [5.41, 5.74) is 4.62. The second-order valence-corrected chi connectivity index (χ2v) is 5.67. The number of nitrogens with two attached hydrogens (primary N) is 1. The van der Waals surface area contributed by atoms with Gasteiger partial charge < -0.3 is 10.5 Å². The minimum Gasteiger partial charge on any atom is -0.494 e. The summed E-state index contributed by atoms with van der Waals surface area (Å²) in [5, 5.41) is 0. The fraction of sp³-hybridized carbons (Fsp3) is 0.500. The fourth-order valence-electron chi connectivity index (χ4n) is 1.59. The number of hydrogen-bond donors (Lipinski definition) is 1. The molecule has 6 heteroatoms. The van der Waals surface area contributed by atoms with Crippen molar-refractivity contribution in [2.45, 2.75) is 32.9 Å². The first-order valence-corrected chi connectivity index (χ1v) is 6.64. The Morgan fingerprint density at radius 1 is 1.30 bits per heavy atom. The molecule has 0 atom stereocenters. The van der Waals surface area contributed by atoms with Crippen LogP contribution in [0, 0.1) is 5.41 Å². The molecule has 20 heavy (non-hydrogen) atoms. The van der Waals surface area contributed by atoms with Crippen LogP contribution in [0.3, 0.4) is 0 Å². The number of rotatable bonds is 6. The third-order valence-corrected chi connectivity index (χ3v) is 3.60. The lowest BCUT2D eigenvalue weighted by molar-refractivity contribution is -0.137. The van der Waals surface area contributed by atoms with Crippen molar-refractivity contribution in [3.8, 4) is 5.75 Å². The molecule has 0 saturated carbocycles. The van der Waals surface area contributed by atoms with E-state index in [-0.39, 0.29) is 11.2 Å². The summed E-state index contributed by atoms with van der Waals surface area (Å²) in [7, 11) is 0. The molecule has 0 bridgehead atoms. The maximum atomic E-state index is 12.5. The minimum absolute atomic E-state index is 0.216. The first-order chi connectivity index (χ1) is 9.13. The number of ether oxygens (including phenoxy) is 1. The van der Waals surface area contributed by atoms with Crippen LogP contribution in [0.1, 0.15) is 32.3 Å². The van der Waals surface area contributed by atoms with Gasteiger partial charge in [0.25, 0.3) is 0 Å². The molecule has 1 aromatic carbocycles. The van der Waals surface area contributed by atoms with Gasteiger partial charge in [-0.3, -0.25) is 0 Å². The van der Waals surface area contributed by atoms with Gasteiger partial charge in [-0.05, 0) is 31.0 Å². The Hall–Kier alpha value is -1.30. The van der Waals surface area contributed by atoms with Crippen molar-refractivity contribution < 1.29 is 17.9 Å². The van der Waals surface area contributed by atoms with Gasteiger partial charge in [-0.1, -0.05) is 32.1 Å². The summed E-state index contributed by atoms with van der Waals surface area (Å²) in [6.45, 7) is 4.19. The number of alkyl halides is 3. The van der Waals surface area contributed by atoms with Gasteiger partial charge in [-0.15, -0.1) is 0 Å². The van der Waals surface area contributed by atoms with Crippen LogP contribution in [0.5, 0.6) is 5.75 Å². The summed E-state index contributed by atoms with van der Waals surface area (Å²) < 4.78 is 42.9. The monoisotopic (exact) mass is 305 g/mol. The Morgan fingerprint density at radius 3 is 2.50 bits per heavy atom.